The monoisotopic (exact) mass is 595 g/mol. The summed E-state index contributed by atoms with van der Waals surface area (Å²) in [6, 6.07) is 21.1. The highest BCUT2D eigenvalue weighted by Gasteiger charge is 2.31. The molecule has 1 aliphatic carbocycles. The number of H-pyrrole nitrogens is 1. The van der Waals surface area contributed by atoms with Gasteiger partial charge in [-0.2, -0.15) is 5.21 Å². The van der Waals surface area contributed by atoms with Crippen LogP contribution in [0.2, 0.25) is 0 Å². The van der Waals surface area contributed by atoms with Crippen LogP contribution < -0.4 is 16.4 Å². The molecule has 2 atom stereocenters. The van der Waals surface area contributed by atoms with Gasteiger partial charge in [-0.15, -0.1) is 10.2 Å². The fourth-order valence-corrected chi connectivity index (χ4v) is 5.35. The number of fused-ring (bicyclic) bond motifs is 3. The highest BCUT2D eigenvalue weighted by atomic mass is 16.5. The van der Waals surface area contributed by atoms with E-state index in [2.05, 4.69) is 31.3 Å². The van der Waals surface area contributed by atoms with Crippen molar-refractivity contribution in [3.05, 3.63) is 101 Å². The normalized spacial score (nSPS) is 13.3. The topological polar surface area (TPSA) is 182 Å². The van der Waals surface area contributed by atoms with Crippen LogP contribution in [0.3, 0.4) is 0 Å². The van der Waals surface area contributed by atoms with Gasteiger partial charge in [0.2, 0.25) is 11.8 Å². The van der Waals surface area contributed by atoms with Gasteiger partial charge in [0, 0.05) is 25.2 Å². The Morgan fingerprint density at radius 3 is 2.18 bits per heavy atom. The maximum Gasteiger partial charge on any atom is 0.407 e. The molecular formula is C32H33N7O5. The number of nitrogens with zero attached hydrogens (tertiary/aromatic N) is 3. The molecule has 3 aromatic carbocycles. The summed E-state index contributed by atoms with van der Waals surface area (Å²) in [7, 11) is 0. The molecule has 0 unspecified atom stereocenters. The molecule has 0 fully saturated rings. The standard InChI is InChI=1S/C32H33N7O5/c1-19-10-12-20(13-11-19)16-28(40)26(14-15-29(33)41)34-31(42)27(17-30-36-38-39-37-30)35-32(43)44-18-25-23-8-4-2-6-21(23)22-7-3-5-9-24(22)25/h2-13,25-27H,14-18H2,1H3,(H2,33,41)(H,34,42)(H,35,43)(H,36,37,38,39)/t26-,27-/m0/s1. The number of benzene rings is 3. The van der Waals surface area contributed by atoms with Crippen LogP contribution in [0.15, 0.2) is 72.8 Å². The summed E-state index contributed by atoms with van der Waals surface area (Å²) < 4.78 is 5.64. The number of aromatic amines is 1. The predicted octanol–water partition coefficient (Wildman–Crippen LogP) is 2.52. The molecule has 44 heavy (non-hydrogen) atoms. The van der Waals surface area contributed by atoms with Crippen molar-refractivity contribution in [1.82, 2.24) is 31.3 Å². The SMILES string of the molecule is Cc1ccc(CC(=O)[C@H](CCC(N)=O)NC(=O)[C@H](Cc2nn[nH]n2)NC(=O)OCC2c3ccccc3-c3ccccc32)cc1. The van der Waals surface area contributed by atoms with E-state index in [1.807, 2.05) is 79.7 Å². The van der Waals surface area contributed by atoms with Crippen LogP contribution in [0.5, 0.6) is 0 Å². The van der Waals surface area contributed by atoms with E-state index in [0.717, 1.165) is 33.4 Å². The molecule has 0 saturated heterocycles. The van der Waals surface area contributed by atoms with E-state index in [4.69, 9.17) is 10.5 Å². The van der Waals surface area contributed by atoms with Crippen LogP contribution in [-0.4, -0.2) is 63.0 Å². The Labute approximate surface area is 253 Å². The lowest BCUT2D eigenvalue weighted by atomic mass is 9.98. The number of tetrazole rings is 1. The van der Waals surface area contributed by atoms with Crippen molar-refractivity contribution in [2.75, 3.05) is 6.61 Å². The molecule has 1 aromatic heterocycles. The van der Waals surface area contributed by atoms with Crippen LogP contribution >= 0.6 is 0 Å². The van der Waals surface area contributed by atoms with E-state index in [0.29, 0.717) is 0 Å². The maximum absolute atomic E-state index is 13.5. The highest BCUT2D eigenvalue weighted by Crippen LogP contribution is 2.44. The van der Waals surface area contributed by atoms with Crippen LogP contribution in [0.4, 0.5) is 4.79 Å². The zero-order chi connectivity index (χ0) is 31.1. The van der Waals surface area contributed by atoms with Crippen molar-refractivity contribution in [3.8, 4) is 11.1 Å². The minimum absolute atomic E-state index is 0.00560. The molecule has 5 N–H and O–H groups in total. The van der Waals surface area contributed by atoms with Gasteiger partial charge in [0.15, 0.2) is 11.6 Å². The minimum Gasteiger partial charge on any atom is -0.449 e. The van der Waals surface area contributed by atoms with Crippen LogP contribution in [0.25, 0.3) is 11.1 Å². The van der Waals surface area contributed by atoms with Gasteiger partial charge in [-0.25, -0.2) is 4.79 Å². The largest absolute Gasteiger partial charge is 0.449 e. The average molecular weight is 596 g/mol. The summed E-state index contributed by atoms with van der Waals surface area (Å²) in [5.41, 5.74) is 11.4. The fraction of sp³-hybridized carbons (Fsp3) is 0.281. The number of rotatable bonds is 13. The Hall–Kier alpha value is -5.39. The van der Waals surface area contributed by atoms with E-state index in [-0.39, 0.29) is 49.8 Å². The van der Waals surface area contributed by atoms with Gasteiger partial charge >= 0.3 is 6.09 Å². The molecule has 226 valence electrons. The molecule has 0 aliphatic heterocycles. The highest BCUT2D eigenvalue weighted by molar-refractivity contribution is 5.93. The van der Waals surface area contributed by atoms with Gasteiger partial charge in [0.1, 0.15) is 12.6 Å². The lowest BCUT2D eigenvalue weighted by molar-refractivity contribution is -0.129. The summed E-state index contributed by atoms with van der Waals surface area (Å²) in [6.07, 6.45) is -1.01. The molecule has 3 amide bonds. The Morgan fingerprint density at radius 2 is 1.57 bits per heavy atom. The number of aromatic nitrogens is 4. The van der Waals surface area contributed by atoms with Crippen molar-refractivity contribution in [2.45, 2.75) is 50.6 Å². The summed E-state index contributed by atoms with van der Waals surface area (Å²) in [5.74, 6) is -1.58. The Balaban J connectivity index is 1.28. The van der Waals surface area contributed by atoms with Gasteiger partial charge in [-0.3, -0.25) is 14.4 Å². The number of amides is 3. The molecule has 0 spiro atoms. The number of nitrogens with two attached hydrogens (primary N) is 1. The van der Waals surface area contributed by atoms with Crippen LogP contribution in [0, 0.1) is 6.92 Å². The first-order chi connectivity index (χ1) is 21.3. The first-order valence-corrected chi connectivity index (χ1v) is 14.3. The third-order valence-corrected chi connectivity index (χ3v) is 7.61. The number of nitrogens with one attached hydrogen (secondary N) is 3. The number of hydrogen-bond donors (Lipinski definition) is 4. The molecule has 0 bridgehead atoms. The third kappa shape index (κ3) is 7.33. The number of carbonyl (C=O) groups is 4. The second kappa shape index (κ2) is 13.7. The summed E-state index contributed by atoms with van der Waals surface area (Å²) in [5, 5.41) is 18.9. The lowest BCUT2D eigenvalue weighted by Crippen LogP contribution is -2.53. The molecule has 1 aliphatic rings. The number of carbonyl (C=O) groups excluding carboxylic acids is 4. The smallest absolute Gasteiger partial charge is 0.407 e. The van der Waals surface area contributed by atoms with E-state index in [9.17, 15) is 19.2 Å². The fourth-order valence-electron chi connectivity index (χ4n) is 5.35. The van der Waals surface area contributed by atoms with Gasteiger partial charge in [0.25, 0.3) is 0 Å². The van der Waals surface area contributed by atoms with Crippen molar-refractivity contribution < 1.29 is 23.9 Å². The number of alkyl carbamates (subject to hydrolysis) is 1. The first-order valence-electron chi connectivity index (χ1n) is 14.3. The van der Waals surface area contributed by atoms with Gasteiger partial charge in [0.05, 0.1) is 6.04 Å². The molecular weight excluding hydrogens is 562 g/mol. The second-order valence-electron chi connectivity index (χ2n) is 10.7. The number of hydrogen-bond acceptors (Lipinski definition) is 8. The van der Waals surface area contributed by atoms with Crippen molar-refractivity contribution in [2.24, 2.45) is 5.73 Å². The van der Waals surface area contributed by atoms with E-state index in [1.165, 1.54) is 0 Å². The summed E-state index contributed by atoms with van der Waals surface area (Å²) >= 11 is 0. The zero-order valence-electron chi connectivity index (χ0n) is 24.2. The number of aryl methyl sites for hydroxylation is 1. The molecule has 5 rings (SSSR count). The molecule has 0 saturated carbocycles. The number of ketones is 1. The number of Topliss-reactive ketones (excluding diaryl/α,β-unsaturated/α-hetero) is 1. The summed E-state index contributed by atoms with van der Waals surface area (Å²) in [6.45, 7) is 1.99. The Bertz CT molecular complexity index is 1590. The van der Waals surface area contributed by atoms with Crippen LogP contribution in [0.1, 0.15) is 46.8 Å². The van der Waals surface area contributed by atoms with Crippen molar-refractivity contribution in [3.63, 3.8) is 0 Å². The Kier molecular flexibility index (Phi) is 9.38. The van der Waals surface area contributed by atoms with Gasteiger partial charge < -0.3 is 21.1 Å². The Morgan fingerprint density at radius 1 is 0.909 bits per heavy atom. The zero-order valence-corrected chi connectivity index (χ0v) is 24.2. The van der Waals surface area contributed by atoms with E-state index >= 15 is 0 Å². The molecule has 4 aromatic rings. The van der Waals surface area contributed by atoms with Crippen molar-refractivity contribution >= 4 is 23.7 Å². The third-order valence-electron chi connectivity index (χ3n) is 7.61. The molecule has 12 nitrogen and oxygen atoms in total. The molecule has 1 heterocycles. The van der Waals surface area contributed by atoms with E-state index in [1.54, 1.807) is 0 Å². The quantitative estimate of drug-likeness (QED) is 0.182. The predicted molar refractivity (Wildman–Crippen MR) is 160 cm³/mol. The van der Waals surface area contributed by atoms with E-state index < -0.39 is 30.0 Å². The van der Waals surface area contributed by atoms with Gasteiger partial charge in [-0.05, 0) is 41.2 Å². The van der Waals surface area contributed by atoms with Crippen molar-refractivity contribution in [1.29, 1.82) is 0 Å². The molecule has 12 heteroatoms. The summed E-state index contributed by atoms with van der Waals surface area (Å²) in [4.78, 5) is 51.3. The second-order valence-corrected chi connectivity index (χ2v) is 10.7. The number of primary amides is 1. The lowest BCUT2D eigenvalue weighted by Gasteiger charge is -2.22. The molecule has 0 radical (unpaired) electrons. The van der Waals surface area contributed by atoms with Gasteiger partial charge in [-0.1, -0.05) is 83.6 Å². The average Bonchev–Trinajstić information content (AvgIpc) is 3.65. The van der Waals surface area contributed by atoms with Crippen LogP contribution in [-0.2, 0) is 32.0 Å². The minimum atomic E-state index is -1.20. The maximum atomic E-state index is 13.5. The first kappa shape index (κ1) is 30.1. The number of ether oxygens (including phenoxy) is 1.